The van der Waals surface area contributed by atoms with Gasteiger partial charge in [0.2, 0.25) is 0 Å². The monoisotopic (exact) mass is 439 g/mol. The van der Waals surface area contributed by atoms with E-state index in [0.717, 1.165) is 0 Å². The zero-order valence-electron chi connectivity index (χ0n) is 17.4. The first-order chi connectivity index (χ1) is 15.8. The summed E-state index contributed by atoms with van der Waals surface area (Å²) in [7, 11) is 0. The number of hydrogen-bond donors (Lipinski definition) is 2. The minimum absolute atomic E-state index is 0.0596. The Labute approximate surface area is 188 Å². The van der Waals surface area contributed by atoms with Gasteiger partial charge < -0.3 is 10.2 Å². The number of carbonyl (C=O) groups is 3. The summed E-state index contributed by atoms with van der Waals surface area (Å²) in [6, 6.07) is 19.1. The first-order valence-corrected chi connectivity index (χ1v) is 9.87. The van der Waals surface area contributed by atoms with E-state index in [1.165, 1.54) is 31.2 Å². The largest absolute Gasteiger partial charge is 0.478 e. The quantitative estimate of drug-likeness (QED) is 0.421. The van der Waals surface area contributed by atoms with Gasteiger partial charge >= 0.3 is 11.9 Å². The van der Waals surface area contributed by atoms with Crippen LogP contribution in [-0.4, -0.2) is 42.9 Å². The number of aromatic nitrogens is 3. The lowest BCUT2D eigenvalue weighted by Gasteiger charge is -2.09. The van der Waals surface area contributed by atoms with Crippen LogP contribution in [0.1, 0.15) is 38.0 Å². The second-order valence-electron chi connectivity index (χ2n) is 7.20. The number of hydrogen-bond acceptors (Lipinski definition) is 6. The molecule has 3 aromatic carbocycles. The zero-order valence-corrected chi connectivity index (χ0v) is 17.4. The molecule has 2 N–H and O–H groups in total. The Morgan fingerprint density at radius 1 is 0.515 bits per heavy atom. The van der Waals surface area contributed by atoms with Crippen LogP contribution in [0.3, 0.4) is 0 Å². The van der Waals surface area contributed by atoms with E-state index in [1.54, 1.807) is 48.5 Å². The van der Waals surface area contributed by atoms with E-state index in [9.17, 15) is 14.4 Å². The van der Waals surface area contributed by atoms with Crippen LogP contribution in [0.4, 0.5) is 0 Å². The lowest BCUT2D eigenvalue weighted by Crippen LogP contribution is -2.02. The van der Waals surface area contributed by atoms with Crippen molar-refractivity contribution in [3.63, 3.8) is 0 Å². The van der Waals surface area contributed by atoms with E-state index in [2.05, 4.69) is 15.0 Å². The van der Waals surface area contributed by atoms with Crippen molar-refractivity contribution in [2.45, 2.75) is 6.92 Å². The fourth-order valence-electron chi connectivity index (χ4n) is 3.14. The van der Waals surface area contributed by atoms with Gasteiger partial charge in [-0.25, -0.2) is 24.5 Å². The van der Waals surface area contributed by atoms with Gasteiger partial charge in [-0.15, -0.1) is 0 Å². The van der Waals surface area contributed by atoms with E-state index in [4.69, 9.17) is 10.2 Å². The fraction of sp³-hybridized carbons (Fsp3) is 0.0400. The van der Waals surface area contributed by atoms with Gasteiger partial charge in [0, 0.05) is 22.3 Å². The predicted octanol–water partition coefficient (Wildman–Crippen LogP) is 4.47. The van der Waals surface area contributed by atoms with Crippen LogP contribution >= 0.6 is 0 Å². The van der Waals surface area contributed by atoms with Crippen molar-refractivity contribution < 1.29 is 24.6 Å². The van der Waals surface area contributed by atoms with Gasteiger partial charge in [-0.1, -0.05) is 48.5 Å². The third-order valence-corrected chi connectivity index (χ3v) is 4.97. The van der Waals surface area contributed by atoms with Crippen molar-refractivity contribution in [2.75, 3.05) is 0 Å². The second-order valence-corrected chi connectivity index (χ2v) is 7.20. The van der Waals surface area contributed by atoms with Gasteiger partial charge in [-0.3, -0.25) is 4.79 Å². The summed E-state index contributed by atoms with van der Waals surface area (Å²) in [5.41, 5.74) is 2.67. The molecule has 1 heterocycles. The zero-order chi connectivity index (χ0) is 23.5. The minimum Gasteiger partial charge on any atom is -0.478 e. The van der Waals surface area contributed by atoms with Gasteiger partial charge in [-0.2, -0.15) is 0 Å². The fourth-order valence-corrected chi connectivity index (χ4v) is 3.14. The highest BCUT2D eigenvalue weighted by Crippen LogP contribution is 2.25. The van der Waals surface area contributed by atoms with Crippen LogP contribution in [-0.2, 0) is 0 Å². The van der Waals surface area contributed by atoms with Crippen LogP contribution in [0, 0.1) is 0 Å². The number of ketones is 1. The lowest BCUT2D eigenvalue weighted by molar-refractivity contribution is 0.0686. The number of Topliss-reactive ketones (excluding diaryl/α,β-unsaturated/α-hetero) is 1. The normalized spacial score (nSPS) is 10.6. The summed E-state index contributed by atoms with van der Waals surface area (Å²) < 4.78 is 0. The van der Waals surface area contributed by atoms with E-state index in [1.807, 2.05) is 0 Å². The lowest BCUT2D eigenvalue weighted by atomic mass is 10.1. The van der Waals surface area contributed by atoms with Gasteiger partial charge in [0.15, 0.2) is 23.3 Å². The molecule has 33 heavy (non-hydrogen) atoms. The molecule has 0 bridgehead atoms. The molecule has 1 aromatic heterocycles. The number of carboxylic acid groups (broad SMARTS) is 2. The SMILES string of the molecule is CC(=O)c1ccc(-c2nc(-c3ccc(C(=O)O)cc3)nc(-c3ccc(C(=O)O)cc3)n2)cc1. The van der Waals surface area contributed by atoms with Crippen molar-refractivity contribution in [1.82, 2.24) is 15.0 Å². The molecule has 0 aliphatic carbocycles. The number of carboxylic acids is 2. The maximum Gasteiger partial charge on any atom is 0.335 e. The molecular weight excluding hydrogens is 422 g/mol. The van der Waals surface area contributed by atoms with E-state index < -0.39 is 11.9 Å². The Bertz CT molecular complexity index is 1180. The van der Waals surface area contributed by atoms with Crippen molar-refractivity contribution in [3.8, 4) is 34.2 Å². The third kappa shape index (κ3) is 4.64. The van der Waals surface area contributed by atoms with Crippen LogP contribution in [0.15, 0.2) is 72.8 Å². The van der Waals surface area contributed by atoms with Crippen molar-refractivity contribution in [3.05, 3.63) is 89.5 Å². The highest BCUT2D eigenvalue weighted by molar-refractivity contribution is 5.94. The summed E-state index contributed by atoms with van der Waals surface area (Å²) in [6.07, 6.45) is 0. The standard InChI is InChI=1S/C25H17N3O5/c1-14(29)15-2-4-16(5-3-15)21-26-22(17-6-10-19(11-7-17)24(30)31)28-23(27-21)18-8-12-20(13-9-18)25(32)33/h2-13H,1H3,(H,30,31)(H,32,33). The van der Waals surface area contributed by atoms with Crippen LogP contribution in [0.25, 0.3) is 34.2 Å². The minimum atomic E-state index is -1.04. The molecule has 0 radical (unpaired) electrons. The van der Waals surface area contributed by atoms with Gasteiger partial charge in [0.05, 0.1) is 11.1 Å². The molecule has 162 valence electrons. The maximum atomic E-state index is 11.6. The molecule has 0 saturated heterocycles. The Hall–Kier alpha value is -4.72. The second kappa shape index (κ2) is 8.80. The summed E-state index contributed by atoms with van der Waals surface area (Å²) >= 11 is 0. The van der Waals surface area contributed by atoms with Crippen LogP contribution in [0.5, 0.6) is 0 Å². The van der Waals surface area contributed by atoms with Gasteiger partial charge in [0.25, 0.3) is 0 Å². The summed E-state index contributed by atoms with van der Waals surface area (Å²) in [5.74, 6) is -1.13. The summed E-state index contributed by atoms with van der Waals surface area (Å²) in [6.45, 7) is 1.48. The smallest absolute Gasteiger partial charge is 0.335 e. The summed E-state index contributed by atoms with van der Waals surface area (Å²) in [5, 5.41) is 18.3. The molecule has 0 atom stereocenters. The third-order valence-electron chi connectivity index (χ3n) is 4.97. The van der Waals surface area contributed by atoms with Gasteiger partial charge in [-0.05, 0) is 31.2 Å². The molecule has 4 aromatic rings. The van der Waals surface area contributed by atoms with E-state index in [0.29, 0.717) is 39.7 Å². The van der Waals surface area contributed by atoms with Gasteiger partial charge in [0.1, 0.15) is 0 Å². The molecule has 0 spiro atoms. The molecule has 0 aliphatic rings. The Kier molecular flexibility index (Phi) is 5.73. The van der Waals surface area contributed by atoms with E-state index >= 15 is 0 Å². The molecule has 4 rings (SSSR count). The van der Waals surface area contributed by atoms with Crippen LogP contribution in [0.2, 0.25) is 0 Å². The van der Waals surface area contributed by atoms with Crippen molar-refractivity contribution in [2.24, 2.45) is 0 Å². The first-order valence-electron chi connectivity index (χ1n) is 9.87. The summed E-state index contributed by atoms with van der Waals surface area (Å²) in [4.78, 5) is 47.6. The average molecular weight is 439 g/mol. The topological polar surface area (TPSA) is 130 Å². The Morgan fingerprint density at radius 3 is 1.03 bits per heavy atom. The number of carbonyl (C=O) groups excluding carboxylic acids is 1. The van der Waals surface area contributed by atoms with Crippen LogP contribution < -0.4 is 0 Å². The number of nitrogens with zero attached hydrogens (tertiary/aromatic N) is 3. The number of benzene rings is 3. The van der Waals surface area contributed by atoms with Crippen molar-refractivity contribution in [1.29, 1.82) is 0 Å². The predicted molar refractivity (Wildman–Crippen MR) is 120 cm³/mol. The Morgan fingerprint density at radius 2 is 0.788 bits per heavy atom. The molecule has 8 heteroatoms. The first kappa shape index (κ1) is 21.5. The molecular formula is C25H17N3O5. The highest BCUT2D eigenvalue weighted by atomic mass is 16.4. The average Bonchev–Trinajstić information content (AvgIpc) is 2.84. The Balaban J connectivity index is 1.84. The molecule has 0 unspecified atom stereocenters. The molecule has 0 aliphatic heterocycles. The highest BCUT2D eigenvalue weighted by Gasteiger charge is 2.14. The molecule has 0 amide bonds. The van der Waals surface area contributed by atoms with E-state index in [-0.39, 0.29) is 16.9 Å². The molecule has 0 fully saturated rings. The number of aromatic carboxylic acids is 2. The maximum absolute atomic E-state index is 11.6. The molecule has 0 saturated carbocycles. The molecule has 8 nitrogen and oxygen atoms in total. The van der Waals surface area contributed by atoms with Crippen molar-refractivity contribution >= 4 is 17.7 Å². The number of rotatable bonds is 6.